The number of hydrogen-bond acceptors (Lipinski definition) is 1. The van der Waals surface area contributed by atoms with E-state index in [2.05, 4.69) is 36.5 Å². The summed E-state index contributed by atoms with van der Waals surface area (Å²) in [6.45, 7) is 2.19. The molecule has 1 aromatic rings. The first-order valence-electron chi connectivity index (χ1n) is 5.08. The van der Waals surface area contributed by atoms with Gasteiger partial charge in [0.25, 0.3) is 0 Å². The Balaban J connectivity index is 2.12. The molecule has 0 bridgehead atoms. The van der Waals surface area contributed by atoms with E-state index in [9.17, 15) is 0 Å². The van der Waals surface area contributed by atoms with Gasteiger partial charge in [-0.25, -0.2) is 0 Å². The van der Waals surface area contributed by atoms with Gasteiger partial charge >= 0.3 is 0 Å². The highest BCUT2D eigenvalue weighted by molar-refractivity contribution is 5.29. The molecular weight excluding hydrogens is 158 g/mol. The molecule has 13 heavy (non-hydrogen) atoms. The lowest BCUT2D eigenvalue weighted by Crippen LogP contribution is -2.11. The fourth-order valence-corrected chi connectivity index (χ4v) is 1.64. The molecule has 70 valence electrons. The maximum absolute atomic E-state index is 3.25. The normalized spacial score (nSPS) is 18.6. The van der Waals surface area contributed by atoms with Gasteiger partial charge in [-0.05, 0) is 43.9 Å². The van der Waals surface area contributed by atoms with E-state index >= 15 is 0 Å². The molecular formula is C12H17N. The fourth-order valence-electron chi connectivity index (χ4n) is 1.64. The first-order chi connectivity index (χ1) is 6.31. The number of rotatable bonds is 3. The van der Waals surface area contributed by atoms with Crippen molar-refractivity contribution in [2.45, 2.75) is 31.7 Å². The Hall–Kier alpha value is -0.820. The van der Waals surface area contributed by atoms with Gasteiger partial charge in [-0.15, -0.1) is 0 Å². The molecule has 1 unspecified atom stereocenters. The van der Waals surface area contributed by atoms with Gasteiger partial charge in [-0.3, -0.25) is 0 Å². The van der Waals surface area contributed by atoms with Gasteiger partial charge in [0.05, 0.1) is 0 Å². The van der Waals surface area contributed by atoms with Crippen molar-refractivity contribution in [3.8, 4) is 0 Å². The molecule has 1 N–H and O–H groups in total. The third-order valence-electron chi connectivity index (χ3n) is 2.92. The van der Waals surface area contributed by atoms with E-state index in [0.29, 0.717) is 6.04 Å². The van der Waals surface area contributed by atoms with E-state index in [4.69, 9.17) is 0 Å². The van der Waals surface area contributed by atoms with Crippen LogP contribution in [-0.2, 0) is 0 Å². The maximum atomic E-state index is 3.25. The Morgan fingerprint density at radius 1 is 1.23 bits per heavy atom. The lowest BCUT2D eigenvalue weighted by atomic mass is 10.0. The largest absolute Gasteiger partial charge is 0.313 e. The van der Waals surface area contributed by atoms with E-state index in [1.54, 1.807) is 0 Å². The second kappa shape index (κ2) is 3.51. The number of nitrogens with one attached hydrogen (secondary N) is 1. The third-order valence-corrected chi connectivity index (χ3v) is 2.92. The van der Waals surface area contributed by atoms with Gasteiger partial charge in [-0.1, -0.05) is 24.3 Å². The van der Waals surface area contributed by atoms with Crippen molar-refractivity contribution in [1.29, 1.82) is 0 Å². The zero-order valence-electron chi connectivity index (χ0n) is 8.38. The summed E-state index contributed by atoms with van der Waals surface area (Å²) >= 11 is 0. The predicted octanol–water partition coefficient (Wildman–Crippen LogP) is 2.84. The van der Waals surface area contributed by atoms with Gasteiger partial charge in [0.2, 0.25) is 0 Å². The van der Waals surface area contributed by atoms with Crippen LogP contribution in [0.3, 0.4) is 0 Å². The first-order valence-corrected chi connectivity index (χ1v) is 5.08. The molecule has 2 rings (SSSR count). The minimum Gasteiger partial charge on any atom is -0.313 e. The Morgan fingerprint density at radius 2 is 1.85 bits per heavy atom. The maximum Gasteiger partial charge on any atom is 0.0289 e. The highest BCUT2D eigenvalue weighted by Crippen LogP contribution is 2.40. The van der Waals surface area contributed by atoms with E-state index in [1.165, 1.54) is 24.0 Å². The summed E-state index contributed by atoms with van der Waals surface area (Å²) in [5.41, 5.74) is 2.90. The molecule has 0 radical (unpaired) electrons. The zero-order valence-corrected chi connectivity index (χ0v) is 8.38. The van der Waals surface area contributed by atoms with Crippen LogP contribution >= 0.6 is 0 Å². The van der Waals surface area contributed by atoms with Gasteiger partial charge in [-0.2, -0.15) is 0 Å². The second-order valence-corrected chi connectivity index (χ2v) is 3.95. The van der Waals surface area contributed by atoms with E-state index in [1.807, 2.05) is 7.05 Å². The molecule has 0 amide bonds. The van der Waals surface area contributed by atoms with Crippen molar-refractivity contribution in [3.63, 3.8) is 0 Å². The molecule has 0 spiro atoms. The van der Waals surface area contributed by atoms with Gasteiger partial charge < -0.3 is 5.32 Å². The molecule has 1 heteroatoms. The summed E-state index contributed by atoms with van der Waals surface area (Å²) in [6.07, 6.45) is 2.78. The predicted molar refractivity (Wildman–Crippen MR) is 55.9 cm³/mol. The Kier molecular flexibility index (Phi) is 2.36. The lowest BCUT2D eigenvalue weighted by molar-refractivity contribution is 0.652. The van der Waals surface area contributed by atoms with Gasteiger partial charge in [0.1, 0.15) is 0 Å². The first kappa shape index (κ1) is 8.76. The van der Waals surface area contributed by atoms with Crippen molar-refractivity contribution >= 4 is 0 Å². The summed E-state index contributed by atoms with van der Waals surface area (Å²) in [4.78, 5) is 0. The molecule has 1 atom stereocenters. The highest BCUT2D eigenvalue weighted by Gasteiger charge is 2.22. The molecule has 1 aliphatic rings. The smallest absolute Gasteiger partial charge is 0.0289 e. The average Bonchev–Trinajstić information content (AvgIpc) is 3.00. The molecule has 0 aliphatic heterocycles. The molecule has 1 saturated carbocycles. The summed E-state index contributed by atoms with van der Waals surface area (Å²) in [6, 6.07) is 9.51. The van der Waals surface area contributed by atoms with Crippen LogP contribution < -0.4 is 5.32 Å². The van der Waals surface area contributed by atoms with Crippen LogP contribution in [-0.4, -0.2) is 7.05 Å². The van der Waals surface area contributed by atoms with Gasteiger partial charge in [0.15, 0.2) is 0 Å². The van der Waals surface area contributed by atoms with Crippen LogP contribution in [0.1, 0.15) is 42.9 Å². The number of hydrogen-bond donors (Lipinski definition) is 1. The Labute approximate surface area is 80.2 Å². The third kappa shape index (κ3) is 1.92. The molecule has 1 aromatic carbocycles. The van der Waals surface area contributed by atoms with Gasteiger partial charge in [0, 0.05) is 6.04 Å². The SMILES string of the molecule is CNC(C)c1ccc(C2CC2)cc1. The quantitative estimate of drug-likeness (QED) is 0.745. The fraction of sp³-hybridized carbons (Fsp3) is 0.500. The molecule has 0 aromatic heterocycles. The van der Waals surface area contributed by atoms with E-state index in [0.717, 1.165) is 5.92 Å². The Morgan fingerprint density at radius 3 is 2.31 bits per heavy atom. The minimum atomic E-state index is 0.466. The van der Waals surface area contributed by atoms with E-state index < -0.39 is 0 Å². The van der Waals surface area contributed by atoms with Crippen molar-refractivity contribution in [3.05, 3.63) is 35.4 Å². The molecule has 1 fully saturated rings. The number of benzene rings is 1. The second-order valence-electron chi connectivity index (χ2n) is 3.95. The highest BCUT2D eigenvalue weighted by atomic mass is 14.8. The standard InChI is InChI=1S/C12H17N/c1-9(13-2)10-3-5-11(6-4-10)12-7-8-12/h3-6,9,12-13H,7-8H2,1-2H3. The summed E-state index contributed by atoms with van der Waals surface area (Å²) in [5, 5.41) is 3.25. The van der Waals surface area contributed by atoms with Crippen molar-refractivity contribution in [2.75, 3.05) is 7.05 Å². The molecule has 0 heterocycles. The van der Waals surface area contributed by atoms with Crippen LogP contribution in [0.15, 0.2) is 24.3 Å². The zero-order chi connectivity index (χ0) is 9.26. The Bertz CT molecular complexity index is 272. The monoisotopic (exact) mass is 175 g/mol. The molecule has 0 saturated heterocycles. The summed E-state index contributed by atoms with van der Waals surface area (Å²) < 4.78 is 0. The van der Waals surface area contributed by atoms with Crippen LogP contribution in [0, 0.1) is 0 Å². The molecule has 1 aliphatic carbocycles. The summed E-state index contributed by atoms with van der Waals surface area (Å²) in [5.74, 6) is 0.874. The topological polar surface area (TPSA) is 12.0 Å². The average molecular weight is 175 g/mol. The lowest BCUT2D eigenvalue weighted by Gasteiger charge is -2.10. The van der Waals surface area contributed by atoms with Crippen molar-refractivity contribution in [2.24, 2.45) is 0 Å². The van der Waals surface area contributed by atoms with Crippen molar-refractivity contribution in [1.82, 2.24) is 5.32 Å². The van der Waals surface area contributed by atoms with Crippen LogP contribution in [0.5, 0.6) is 0 Å². The minimum absolute atomic E-state index is 0.466. The van der Waals surface area contributed by atoms with Crippen LogP contribution in [0.4, 0.5) is 0 Å². The van der Waals surface area contributed by atoms with Crippen LogP contribution in [0.2, 0.25) is 0 Å². The summed E-state index contributed by atoms with van der Waals surface area (Å²) in [7, 11) is 2.00. The van der Waals surface area contributed by atoms with E-state index in [-0.39, 0.29) is 0 Å². The van der Waals surface area contributed by atoms with Crippen LogP contribution in [0.25, 0.3) is 0 Å². The van der Waals surface area contributed by atoms with Crippen molar-refractivity contribution < 1.29 is 0 Å². The molecule has 1 nitrogen and oxygen atoms in total.